The minimum absolute atomic E-state index is 0.625. The first-order valence-electron chi connectivity index (χ1n) is 8.11. The Labute approximate surface area is 135 Å². The van der Waals surface area contributed by atoms with Crippen LogP contribution in [0.4, 0.5) is 5.69 Å². The molecule has 1 saturated heterocycles. The number of nitrogens with zero attached hydrogens (tertiary/aromatic N) is 3. The van der Waals surface area contributed by atoms with E-state index in [9.17, 15) is 8.42 Å². The van der Waals surface area contributed by atoms with Crippen LogP contribution in [-0.4, -0.2) is 45.5 Å². The molecule has 5 nitrogen and oxygen atoms in total. The molecule has 0 unspecified atom stereocenters. The molecule has 1 aromatic rings. The summed E-state index contributed by atoms with van der Waals surface area (Å²) in [6.45, 7) is 9.59. The second-order valence-corrected chi connectivity index (χ2v) is 7.42. The Bertz CT molecular complexity index is 579. The van der Waals surface area contributed by atoms with Gasteiger partial charge in [0.15, 0.2) is 0 Å². The van der Waals surface area contributed by atoms with Crippen molar-refractivity contribution in [2.24, 2.45) is 0 Å². The lowest BCUT2D eigenvalue weighted by Crippen LogP contribution is -2.46. The van der Waals surface area contributed by atoms with Crippen molar-refractivity contribution in [1.29, 1.82) is 0 Å². The highest BCUT2D eigenvalue weighted by molar-refractivity contribution is 7.94. The Morgan fingerprint density at radius 1 is 1.09 bits per heavy atom. The van der Waals surface area contributed by atoms with Gasteiger partial charge < -0.3 is 4.90 Å². The van der Waals surface area contributed by atoms with Gasteiger partial charge in [0.05, 0.1) is 11.4 Å². The summed E-state index contributed by atoms with van der Waals surface area (Å²) in [4.78, 5) is 6.54. The fourth-order valence-electron chi connectivity index (χ4n) is 2.99. The number of anilines is 1. The average molecular weight is 327 g/mol. The molecule has 0 radical (unpaired) electrons. The molecule has 0 saturated carbocycles. The number of hydrogen-bond donors (Lipinski definition) is 0. The van der Waals surface area contributed by atoms with Crippen LogP contribution in [0.5, 0.6) is 0 Å². The van der Waals surface area contributed by atoms with Gasteiger partial charge in [0.25, 0.3) is 0 Å². The second-order valence-electron chi connectivity index (χ2n) is 5.14. The van der Waals surface area contributed by atoms with Crippen LogP contribution < -0.4 is 4.31 Å². The van der Waals surface area contributed by atoms with Crippen LogP contribution in [0.25, 0.3) is 0 Å². The van der Waals surface area contributed by atoms with Gasteiger partial charge in [-0.2, -0.15) is 0 Å². The molecule has 0 atom stereocenters. The van der Waals surface area contributed by atoms with Crippen LogP contribution in [0.3, 0.4) is 0 Å². The standard InChI is InChI=1S/C12H17N3O2S.2C2H6/c1-14-8-5-12(6-9-14)11-10(4-3-7-13-11)15(2)18(12,16)17;2*1-2/h3-4,7H,5-6,8-9H2,1-2H3;2*1-2H3. The predicted molar refractivity (Wildman–Crippen MR) is 92.7 cm³/mol. The largest absolute Gasteiger partial charge is 0.306 e. The molecule has 1 spiro atoms. The summed E-state index contributed by atoms with van der Waals surface area (Å²) in [6, 6.07) is 3.63. The summed E-state index contributed by atoms with van der Waals surface area (Å²) in [5.74, 6) is 0. The first-order chi connectivity index (χ1) is 10.5. The van der Waals surface area contributed by atoms with Crippen LogP contribution >= 0.6 is 0 Å². The average Bonchev–Trinajstić information content (AvgIpc) is 2.73. The van der Waals surface area contributed by atoms with E-state index >= 15 is 0 Å². The number of sulfonamides is 1. The first kappa shape index (κ1) is 18.9. The molecule has 2 aliphatic heterocycles. The summed E-state index contributed by atoms with van der Waals surface area (Å²) in [6.07, 6.45) is 2.94. The van der Waals surface area contributed by atoms with Crippen LogP contribution in [-0.2, 0) is 14.8 Å². The molecule has 3 rings (SSSR count). The number of rotatable bonds is 0. The van der Waals surface area contributed by atoms with E-state index in [0.29, 0.717) is 12.8 Å². The minimum Gasteiger partial charge on any atom is -0.306 e. The number of hydrogen-bond acceptors (Lipinski definition) is 4. The molecule has 0 aliphatic carbocycles. The van der Waals surface area contributed by atoms with Gasteiger partial charge in [0.1, 0.15) is 4.75 Å². The van der Waals surface area contributed by atoms with Crippen LogP contribution in [0.15, 0.2) is 18.3 Å². The van der Waals surface area contributed by atoms with Crippen molar-refractivity contribution in [2.75, 3.05) is 31.5 Å². The monoisotopic (exact) mass is 327 g/mol. The zero-order valence-electron chi connectivity index (χ0n) is 14.6. The van der Waals surface area contributed by atoms with E-state index in [2.05, 4.69) is 9.88 Å². The molecular weight excluding hydrogens is 298 g/mol. The number of fused-ring (bicyclic) bond motifs is 2. The summed E-state index contributed by atoms with van der Waals surface area (Å²) in [7, 11) is 0.326. The van der Waals surface area contributed by atoms with Gasteiger partial charge in [-0.15, -0.1) is 0 Å². The number of pyridine rings is 1. The Hall–Kier alpha value is -1.14. The number of piperidine rings is 1. The lowest BCUT2D eigenvalue weighted by Gasteiger charge is -2.36. The highest BCUT2D eigenvalue weighted by atomic mass is 32.2. The molecule has 0 N–H and O–H groups in total. The van der Waals surface area contributed by atoms with Gasteiger partial charge >= 0.3 is 0 Å². The third kappa shape index (κ3) is 2.74. The molecule has 126 valence electrons. The minimum atomic E-state index is -3.33. The normalized spacial score (nSPS) is 21.3. The Kier molecular flexibility index (Phi) is 6.38. The molecule has 1 aromatic heterocycles. The second kappa shape index (κ2) is 7.42. The van der Waals surface area contributed by atoms with Gasteiger partial charge in [-0.05, 0) is 45.1 Å². The van der Waals surface area contributed by atoms with Gasteiger partial charge in [0.2, 0.25) is 10.0 Å². The smallest absolute Gasteiger partial charge is 0.246 e. The van der Waals surface area contributed by atoms with E-state index in [4.69, 9.17) is 0 Å². The van der Waals surface area contributed by atoms with Crippen molar-refractivity contribution in [3.05, 3.63) is 24.0 Å². The predicted octanol–water partition coefficient (Wildman–Crippen LogP) is 2.83. The molecule has 0 bridgehead atoms. The highest BCUT2D eigenvalue weighted by Gasteiger charge is 2.56. The highest BCUT2D eigenvalue weighted by Crippen LogP contribution is 2.50. The van der Waals surface area contributed by atoms with E-state index in [1.165, 1.54) is 4.31 Å². The van der Waals surface area contributed by atoms with E-state index in [1.807, 2.05) is 40.8 Å². The van der Waals surface area contributed by atoms with E-state index in [-0.39, 0.29) is 0 Å². The lowest BCUT2D eigenvalue weighted by molar-refractivity contribution is 0.232. The Morgan fingerprint density at radius 2 is 1.64 bits per heavy atom. The molecule has 3 heterocycles. The lowest BCUT2D eigenvalue weighted by atomic mass is 9.91. The molecule has 0 amide bonds. The van der Waals surface area contributed by atoms with E-state index in [1.54, 1.807) is 19.3 Å². The van der Waals surface area contributed by atoms with E-state index in [0.717, 1.165) is 24.5 Å². The van der Waals surface area contributed by atoms with Crippen molar-refractivity contribution in [1.82, 2.24) is 9.88 Å². The summed E-state index contributed by atoms with van der Waals surface area (Å²) in [5.41, 5.74) is 1.47. The fraction of sp³-hybridized carbons (Fsp3) is 0.688. The molecule has 1 fully saturated rings. The van der Waals surface area contributed by atoms with Crippen LogP contribution in [0.1, 0.15) is 46.2 Å². The fourth-order valence-corrected chi connectivity index (χ4v) is 5.02. The topological polar surface area (TPSA) is 53.5 Å². The van der Waals surface area contributed by atoms with Gasteiger partial charge in [-0.3, -0.25) is 9.29 Å². The molecule has 6 heteroatoms. The molecule has 2 aliphatic rings. The van der Waals surface area contributed by atoms with Crippen LogP contribution in [0.2, 0.25) is 0 Å². The van der Waals surface area contributed by atoms with Crippen LogP contribution in [0, 0.1) is 0 Å². The molecule has 0 aromatic carbocycles. The van der Waals surface area contributed by atoms with E-state index < -0.39 is 14.8 Å². The summed E-state index contributed by atoms with van der Waals surface area (Å²) in [5, 5.41) is 0. The van der Waals surface area contributed by atoms with Crippen molar-refractivity contribution in [3.8, 4) is 0 Å². The summed E-state index contributed by atoms with van der Waals surface area (Å²) < 4.78 is 26.0. The SMILES string of the molecule is CC.CC.CN1CCC2(CC1)c1ncccc1N(C)S2(=O)=O. The third-order valence-corrected chi connectivity index (χ3v) is 6.71. The Balaban J connectivity index is 0.000000561. The maximum absolute atomic E-state index is 12.7. The zero-order chi connectivity index (χ0) is 17.0. The quantitative estimate of drug-likeness (QED) is 0.735. The van der Waals surface area contributed by atoms with Gasteiger partial charge in [-0.1, -0.05) is 27.7 Å². The van der Waals surface area contributed by atoms with Crippen molar-refractivity contribution < 1.29 is 8.42 Å². The maximum Gasteiger partial charge on any atom is 0.246 e. The zero-order valence-corrected chi connectivity index (χ0v) is 15.4. The summed E-state index contributed by atoms with van der Waals surface area (Å²) >= 11 is 0. The van der Waals surface area contributed by atoms with Gasteiger partial charge in [0, 0.05) is 13.2 Å². The molecular formula is C16H29N3O2S. The van der Waals surface area contributed by atoms with Crippen molar-refractivity contribution in [2.45, 2.75) is 45.3 Å². The van der Waals surface area contributed by atoms with Gasteiger partial charge in [-0.25, -0.2) is 8.42 Å². The van der Waals surface area contributed by atoms with Crippen molar-refractivity contribution in [3.63, 3.8) is 0 Å². The first-order valence-corrected chi connectivity index (χ1v) is 9.55. The number of aromatic nitrogens is 1. The Morgan fingerprint density at radius 3 is 2.18 bits per heavy atom. The maximum atomic E-state index is 12.7. The molecule has 22 heavy (non-hydrogen) atoms. The number of likely N-dealkylation sites (tertiary alicyclic amines) is 1. The van der Waals surface area contributed by atoms with Crippen molar-refractivity contribution >= 4 is 15.7 Å². The third-order valence-electron chi connectivity index (χ3n) is 4.21.